The second kappa shape index (κ2) is 6.39. The van der Waals surface area contributed by atoms with E-state index in [0.29, 0.717) is 17.2 Å². The number of anilines is 1. The maximum Gasteiger partial charge on any atom is 0.328 e. The lowest BCUT2D eigenvalue weighted by Crippen LogP contribution is -2.34. The van der Waals surface area contributed by atoms with Crippen molar-refractivity contribution in [1.29, 1.82) is 0 Å². The van der Waals surface area contributed by atoms with E-state index < -0.39 is 10.9 Å². The molecule has 1 aliphatic heterocycles. The van der Waals surface area contributed by atoms with Gasteiger partial charge in [0.15, 0.2) is 0 Å². The molecule has 6 nitrogen and oxygen atoms in total. The number of rotatable bonds is 4. The van der Waals surface area contributed by atoms with E-state index in [1.165, 1.54) is 12.1 Å². The minimum absolute atomic E-state index is 0.0247. The predicted octanol–water partition coefficient (Wildman–Crippen LogP) is 2.93. The van der Waals surface area contributed by atoms with Crippen LogP contribution >= 0.6 is 0 Å². The van der Waals surface area contributed by atoms with Gasteiger partial charge in [-0.3, -0.25) is 10.1 Å². The third-order valence-electron chi connectivity index (χ3n) is 3.61. The molecule has 0 bridgehead atoms. The highest BCUT2D eigenvalue weighted by Gasteiger charge is 2.23. The summed E-state index contributed by atoms with van der Waals surface area (Å²) in [4.78, 5) is 23.4. The maximum atomic E-state index is 11.3. The Morgan fingerprint density at radius 2 is 2.29 bits per heavy atom. The third kappa shape index (κ3) is 3.81. The summed E-state index contributed by atoms with van der Waals surface area (Å²) in [5.41, 5.74) is 1.15. The lowest BCUT2D eigenvalue weighted by molar-refractivity contribution is -0.384. The number of nitro groups is 1. The molecule has 21 heavy (non-hydrogen) atoms. The second-order valence-electron chi connectivity index (χ2n) is 5.37. The SMILES string of the molecule is CC1CCCN(c2ccc(/C=C/C(=O)O)cc2[N+](=O)[O-])C1. The Hall–Kier alpha value is -2.37. The number of hydrogen-bond donors (Lipinski definition) is 1. The molecular weight excluding hydrogens is 272 g/mol. The molecule has 0 aromatic heterocycles. The van der Waals surface area contributed by atoms with Crippen molar-refractivity contribution < 1.29 is 14.8 Å². The molecule has 1 heterocycles. The quantitative estimate of drug-likeness (QED) is 0.523. The molecule has 2 rings (SSSR count). The van der Waals surface area contributed by atoms with Gasteiger partial charge in [0, 0.05) is 25.2 Å². The van der Waals surface area contributed by atoms with Gasteiger partial charge in [0.2, 0.25) is 0 Å². The fraction of sp³-hybridized carbons (Fsp3) is 0.400. The molecule has 1 unspecified atom stereocenters. The van der Waals surface area contributed by atoms with E-state index in [4.69, 9.17) is 5.11 Å². The fourth-order valence-electron chi connectivity index (χ4n) is 2.63. The van der Waals surface area contributed by atoms with Crippen molar-refractivity contribution in [2.75, 3.05) is 18.0 Å². The molecule has 1 aromatic rings. The summed E-state index contributed by atoms with van der Waals surface area (Å²) in [6.45, 7) is 3.77. The lowest BCUT2D eigenvalue weighted by Gasteiger charge is -2.32. The zero-order chi connectivity index (χ0) is 15.4. The first-order valence-corrected chi connectivity index (χ1v) is 6.92. The average Bonchev–Trinajstić information content (AvgIpc) is 2.44. The molecule has 1 atom stereocenters. The lowest BCUT2D eigenvalue weighted by atomic mass is 9.99. The van der Waals surface area contributed by atoms with E-state index >= 15 is 0 Å². The minimum Gasteiger partial charge on any atom is -0.478 e. The Labute approximate surface area is 122 Å². The third-order valence-corrected chi connectivity index (χ3v) is 3.61. The topological polar surface area (TPSA) is 83.7 Å². The highest BCUT2D eigenvalue weighted by atomic mass is 16.6. The molecule has 1 saturated heterocycles. The van der Waals surface area contributed by atoms with Crippen LogP contribution in [0.2, 0.25) is 0 Å². The van der Waals surface area contributed by atoms with Gasteiger partial charge in [-0.1, -0.05) is 13.0 Å². The van der Waals surface area contributed by atoms with Gasteiger partial charge in [0.1, 0.15) is 5.69 Å². The summed E-state index contributed by atoms with van der Waals surface area (Å²) in [6, 6.07) is 4.84. The van der Waals surface area contributed by atoms with E-state index in [9.17, 15) is 14.9 Å². The zero-order valence-corrected chi connectivity index (χ0v) is 11.9. The largest absolute Gasteiger partial charge is 0.478 e. The second-order valence-corrected chi connectivity index (χ2v) is 5.37. The summed E-state index contributed by atoms with van der Waals surface area (Å²) >= 11 is 0. The van der Waals surface area contributed by atoms with Gasteiger partial charge in [-0.2, -0.15) is 0 Å². The van der Waals surface area contributed by atoms with Crippen LogP contribution in [0.3, 0.4) is 0 Å². The van der Waals surface area contributed by atoms with Crippen LogP contribution in [0.25, 0.3) is 6.08 Å². The normalized spacial score (nSPS) is 18.9. The molecular formula is C15H18N2O4. The van der Waals surface area contributed by atoms with Gasteiger partial charge < -0.3 is 10.0 Å². The van der Waals surface area contributed by atoms with E-state index in [0.717, 1.165) is 32.0 Å². The van der Waals surface area contributed by atoms with Gasteiger partial charge in [-0.25, -0.2) is 4.79 Å². The summed E-state index contributed by atoms with van der Waals surface area (Å²) < 4.78 is 0. The Balaban J connectivity index is 2.33. The first kappa shape index (κ1) is 15.0. The van der Waals surface area contributed by atoms with Crippen molar-refractivity contribution in [2.24, 2.45) is 5.92 Å². The van der Waals surface area contributed by atoms with Crippen molar-refractivity contribution >= 4 is 23.4 Å². The first-order valence-electron chi connectivity index (χ1n) is 6.92. The van der Waals surface area contributed by atoms with Crippen LogP contribution in [-0.4, -0.2) is 29.1 Å². The Morgan fingerprint density at radius 1 is 1.52 bits per heavy atom. The van der Waals surface area contributed by atoms with Crippen LogP contribution in [0.1, 0.15) is 25.3 Å². The molecule has 112 valence electrons. The highest BCUT2D eigenvalue weighted by Crippen LogP contribution is 2.32. The van der Waals surface area contributed by atoms with Gasteiger partial charge in [0.05, 0.1) is 4.92 Å². The number of carboxylic acids is 1. The van der Waals surface area contributed by atoms with E-state index in [-0.39, 0.29) is 5.69 Å². The molecule has 1 aliphatic rings. The molecule has 0 radical (unpaired) electrons. The van der Waals surface area contributed by atoms with Crippen molar-refractivity contribution in [3.8, 4) is 0 Å². The molecule has 0 aliphatic carbocycles. The van der Waals surface area contributed by atoms with Crippen molar-refractivity contribution in [2.45, 2.75) is 19.8 Å². The number of carboxylic acid groups (broad SMARTS) is 1. The summed E-state index contributed by atoms with van der Waals surface area (Å²) in [5.74, 6) is -0.559. The molecule has 0 spiro atoms. The number of aliphatic carboxylic acids is 1. The number of nitro benzene ring substituents is 1. The van der Waals surface area contributed by atoms with Crippen molar-refractivity contribution in [1.82, 2.24) is 0 Å². The van der Waals surface area contributed by atoms with Gasteiger partial charge in [0.25, 0.3) is 5.69 Å². The average molecular weight is 290 g/mol. The van der Waals surface area contributed by atoms with Crippen LogP contribution in [0.15, 0.2) is 24.3 Å². The molecule has 1 aromatic carbocycles. The number of carbonyl (C=O) groups is 1. The molecule has 6 heteroatoms. The Bertz CT molecular complexity index is 583. The Kier molecular flexibility index (Phi) is 4.57. The highest BCUT2D eigenvalue weighted by molar-refractivity contribution is 5.85. The van der Waals surface area contributed by atoms with E-state index in [1.54, 1.807) is 12.1 Å². The van der Waals surface area contributed by atoms with Crippen LogP contribution in [0.5, 0.6) is 0 Å². The molecule has 0 saturated carbocycles. The van der Waals surface area contributed by atoms with Crippen LogP contribution in [0, 0.1) is 16.0 Å². The summed E-state index contributed by atoms with van der Waals surface area (Å²) in [5, 5.41) is 19.9. The van der Waals surface area contributed by atoms with Crippen LogP contribution < -0.4 is 4.90 Å². The van der Waals surface area contributed by atoms with Gasteiger partial charge in [-0.15, -0.1) is 0 Å². The minimum atomic E-state index is -1.08. The van der Waals surface area contributed by atoms with Gasteiger partial charge in [-0.05, 0) is 36.5 Å². The first-order chi connectivity index (χ1) is 9.97. The fourth-order valence-corrected chi connectivity index (χ4v) is 2.63. The molecule has 1 N–H and O–H groups in total. The molecule has 1 fully saturated rings. The Morgan fingerprint density at radius 3 is 2.90 bits per heavy atom. The van der Waals surface area contributed by atoms with Crippen molar-refractivity contribution in [3.63, 3.8) is 0 Å². The van der Waals surface area contributed by atoms with E-state index in [2.05, 4.69) is 6.92 Å². The predicted molar refractivity (Wildman–Crippen MR) is 80.4 cm³/mol. The number of hydrogen-bond acceptors (Lipinski definition) is 4. The number of benzene rings is 1. The monoisotopic (exact) mass is 290 g/mol. The van der Waals surface area contributed by atoms with Crippen LogP contribution in [-0.2, 0) is 4.79 Å². The summed E-state index contributed by atoms with van der Waals surface area (Å²) in [7, 11) is 0. The van der Waals surface area contributed by atoms with Crippen molar-refractivity contribution in [3.05, 3.63) is 40.0 Å². The van der Waals surface area contributed by atoms with E-state index in [1.807, 2.05) is 4.90 Å². The summed E-state index contributed by atoms with van der Waals surface area (Å²) in [6.07, 6.45) is 4.50. The standard InChI is InChI=1S/C15H18N2O4/c1-11-3-2-8-16(10-11)13-6-4-12(5-7-15(18)19)9-14(13)17(20)21/h4-7,9,11H,2-3,8,10H2,1H3,(H,18,19)/b7-5+. The number of piperidine rings is 1. The number of nitrogens with zero attached hydrogens (tertiary/aromatic N) is 2. The maximum absolute atomic E-state index is 11.3. The zero-order valence-electron chi connectivity index (χ0n) is 11.9. The van der Waals surface area contributed by atoms with Crippen LogP contribution in [0.4, 0.5) is 11.4 Å². The molecule has 0 amide bonds. The van der Waals surface area contributed by atoms with Gasteiger partial charge >= 0.3 is 5.97 Å². The smallest absolute Gasteiger partial charge is 0.328 e.